The Morgan fingerprint density at radius 1 is 1.03 bits per heavy atom. The van der Waals surface area contributed by atoms with Crippen LogP contribution in [0.4, 0.5) is 0 Å². The van der Waals surface area contributed by atoms with Crippen molar-refractivity contribution in [3.05, 3.63) is 83.2 Å². The van der Waals surface area contributed by atoms with Crippen molar-refractivity contribution in [3.63, 3.8) is 0 Å². The molecule has 0 fully saturated rings. The predicted molar refractivity (Wildman–Crippen MR) is 114 cm³/mol. The second-order valence-corrected chi connectivity index (χ2v) is 7.54. The number of carbonyl (C=O) groups is 1. The molecule has 0 aliphatic heterocycles. The summed E-state index contributed by atoms with van der Waals surface area (Å²) in [5.41, 5.74) is 1.44. The van der Waals surface area contributed by atoms with Crippen molar-refractivity contribution in [2.75, 3.05) is 0 Å². The molecule has 0 saturated heterocycles. The minimum atomic E-state index is -0.0722. The molecule has 0 N–H and O–H groups in total. The molecular formula is C23H20ClN3O2. The Hall–Kier alpha value is -3.18. The Morgan fingerprint density at radius 2 is 1.76 bits per heavy atom. The van der Waals surface area contributed by atoms with Crippen LogP contribution < -0.4 is 0 Å². The first-order valence-corrected chi connectivity index (χ1v) is 9.77. The van der Waals surface area contributed by atoms with Crippen molar-refractivity contribution in [2.24, 2.45) is 0 Å². The monoisotopic (exact) mass is 405 g/mol. The van der Waals surface area contributed by atoms with Gasteiger partial charge in [-0.3, -0.25) is 4.79 Å². The maximum Gasteiger partial charge on any atom is 0.254 e. The number of amides is 1. The summed E-state index contributed by atoms with van der Waals surface area (Å²) in [6, 6.07) is 20.9. The molecule has 0 saturated carbocycles. The minimum Gasteiger partial charge on any atom is -0.337 e. The number of nitrogens with zero attached hydrogens (tertiary/aromatic N) is 3. The molecule has 1 amide bonds. The first-order valence-electron chi connectivity index (χ1n) is 9.39. The van der Waals surface area contributed by atoms with Gasteiger partial charge in [0.25, 0.3) is 5.91 Å². The molecule has 4 aromatic rings. The van der Waals surface area contributed by atoms with Gasteiger partial charge in [-0.2, -0.15) is 4.98 Å². The molecule has 0 aliphatic carbocycles. The predicted octanol–water partition coefficient (Wildman–Crippen LogP) is 5.59. The van der Waals surface area contributed by atoms with Gasteiger partial charge in [0.2, 0.25) is 11.7 Å². The van der Waals surface area contributed by atoms with Crippen molar-refractivity contribution in [2.45, 2.75) is 26.4 Å². The third-order valence-electron chi connectivity index (χ3n) is 4.76. The van der Waals surface area contributed by atoms with Crippen LogP contribution in [-0.2, 0) is 6.54 Å². The average molecular weight is 406 g/mol. The second-order valence-electron chi connectivity index (χ2n) is 7.11. The van der Waals surface area contributed by atoms with Gasteiger partial charge >= 0.3 is 0 Å². The van der Waals surface area contributed by atoms with E-state index < -0.39 is 0 Å². The van der Waals surface area contributed by atoms with Gasteiger partial charge in [-0.1, -0.05) is 47.1 Å². The first-order chi connectivity index (χ1) is 14.0. The lowest BCUT2D eigenvalue weighted by Crippen LogP contribution is -2.36. The average Bonchev–Trinajstić information content (AvgIpc) is 3.20. The molecule has 1 aromatic heterocycles. The SMILES string of the molecule is CC(C)N(Cc1nc(-c2ccc(Cl)cc2)no1)C(=O)c1ccc2ccccc2c1. The molecule has 0 aliphatic rings. The zero-order chi connectivity index (χ0) is 20.4. The Bertz CT molecular complexity index is 1150. The minimum absolute atomic E-state index is 0.0279. The standard InChI is InChI=1S/C23H20ClN3O2/c1-15(2)27(23(28)19-8-7-16-5-3-4-6-18(16)13-19)14-21-25-22(26-29-21)17-9-11-20(24)12-10-17/h3-13,15H,14H2,1-2H3. The van der Waals surface area contributed by atoms with Crippen LogP contribution in [0.1, 0.15) is 30.1 Å². The number of aromatic nitrogens is 2. The van der Waals surface area contributed by atoms with Gasteiger partial charge in [0.15, 0.2) is 0 Å². The van der Waals surface area contributed by atoms with Crippen LogP contribution in [0.5, 0.6) is 0 Å². The van der Waals surface area contributed by atoms with Crippen LogP contribution in [0.2, 0.25) is 5.02 Å². The zero-order valence-corrected chi connectivity index (χ0v) is 16.9. The van der Waals surface area contributed by atoms with Crippen LogP contribution in [0, 0.1) is 0 Å². The molecule has 0 atom stereocenters. The van der Waals surface area contributed by atoms with Gasteiger partial charge in [-0.05, 0) is 61.0 Å². The van der Waals surface area contributed by atoms with Crippen molar-refractivity contribution < 1.29 is 9.32 Å². The third kappa shape index (κ3) is 4.15. The fourth-order valence-corrected chi connectivity index (χ4v) is 3.28. The lowest BCUT2D eigenvalue weighted by molar-refractivity contribution is 0.0667. The lowest BCUT2D eigenvalue weighted by atomic mass is 10.1. The molecule has 3 aromatic carbocycles. The summed E-state index contributed by atoms with van der Waals surface area (Å²) in [6.07, 6.45) is 0. The van der Waals surface area contributed by atoms with E-state index in [0.717, 1.165) is 16.3 Å². The molecule has 5 nitrogen and oxygen atoms in total. The van der Waals surface area contributed by atoms with E-state index in [4.69, 9.17) is 16.1 Å². The Kier molecular flexibility index (Phi) is 5.32. The van der Waals surface area contributed by atoms with Crippen molar-refractivity contribution in [1.29, 1.82) is 0 Å². The van der Waals surface area contributed by atoms with Crippen LogP contribution in [0.15, 0.2) is 71.3 Å². The quantitative estimate of drug-likeness (QED) is 0.434. The van der Waals surface area contributed by atoms with E-state index >= 15 is 0 Å². The van der Waals surface area contributed by atoms with E-state index in [1.165, 1.54) is 0 Å². The summed E-state index contributed by atoms with van der Waals surface area (Å²) >= 11 is 5.93. The fraction of sp³-hybridized carbons (Fsp3) is 0.174. The van der Waals surface area contributed by atoms with Crippen molar-refractivity contribution in [3.8, 4) is 11.4 Å². The Balaban J connectivity index is 1.57. The van der Waals surface area contributed by atoms with Crippen molar-refractivity contribution >= 4 is 28.3 Å². The highest BCUT2D eigenvalue weighted by molar-refractivity contribution is 6.30. The summed E-state index contributed by atoms with van der Waals surface area (Å²) in [5, 5.41) is 6.81. The number of rotatable bonds is 5. The van der Waals surface area contributed by atoms with Crippen molar-refractivity contribution in [1.82, 2.24) is 15.0 Å². The highest BCUT2D eigenvalue weighted by atomic mass is 35.5. The molecule has 29 heavy (non-hydrogen) atoms. The Morgan fingerprint density at radius 3 is 2.48 bits per heavy atom. The number of carbonyl (C=O) groups excluding carboxylic acids is 1. The Labute approximate surface area is 173 Å². The highest BCUT2D eigenvalue weighted by Gasteiger charge is 2.22. The zero-order valence-electron chi connectivity index (χ0n) is 16.2. The van der Waals surface area contributed by atoms with Crippen LogP contribution in [0.3, 0.4) is 0 Å². The number of benzene rings is 3. The van der Waals surface area contributed by atoms with Gasteiger partial charge in [0.05, 0.1) is 0 Å². The normalized spacial score (nSPS) is 11.2. The summed E-state index contributed by atoms with van der Waals surface area (Å²) < 4.78 is 5.40. The maximum absolute atomic E-state index is 13.2. The molecular weight excluding hydrogens is 386 g/mol. The van der Waals surface area contributed by atoms with Gasteiger partial charge in [-0.15, -0.1) is 0 Å². The molecule has 0 spiro atoms. The van der Waals surface area contributed by atoms with E-state index in [2.05, 4.69) is 10.1 Å². The second kappa shape index (κ2) is 8.05. The largest absolute Gasteiger partial charge is 0.337 e. The van der Waals surface area contributed by atoms with E-state index in [0.29, 0.717) is 22.3 Å². The van der Waals surface area contributed by atoms with Gasteiger partial charge in [-0.25, -0.2) is 0 Å². The van der Waals surface area contributed by atoms with Gasteiger partial charge < -0.3 is 9.42 Å². The molecule has 0 unspecified atom stereocenters. The van der Waals surface area contributed by atoms with E-state index in [-0.39, 0.29) is 18.5 Å². The highest BCUT2D eigenvalue weighted by Crippen LogP contribution is 2.21. The number of hydrogen-bond acceptors (Lipinski definition) is 4. The summed E-state index contributed by atoms with van der Waals surface area (Å²) in [7, 11) is 0. The number of halogens is 1. The van der Waals surface area contributed by atoms with Crippen LogP contribution >= 0.6 is 11.6 Å². The summed E-state index contributed by atoms with van der Waals surface area (Å²) in [5.74, 6) is 0.785. The molecule has 6 heteroatoms. The topological polar surface area (TPSA) is 59.2 Å². The van der Waals surface area contributed by atoms with E-state index in [1.54, 1.807) is 17.0 Å². The molecule has 0 bridgehead atoms. The summed E-state index contributed by atoms with van der Waals surface area (Å²) in [4.78, 5) is 19.3. The molecule has 4 rings (SSSR count). The van der Waals surface area contributed by atoms with Gasteiger partial charge in [0, 0.05) is 22.2 Å². The molecule has 0 radical (unpaired) electrons. The number of fused-ring (bicyclic) bond motifs is 1. The van der Waals surface area contributed by atoms with E-state index in [9.17, 15) is 4.79 Å². The van der Waals surface area contributed by atoms with Crippen LogP contribution in [-0.4, -0.2) is 27.0 Å². The maximum atomic E-state index is 13.2. The molecule has 1 heterocycles. The fourth-order valence-electron chi connectivity index (χ4n) is 3.16. The summed E-state index contributed by atoms with van der Waals surface area (Å²) in [6.45, 7) is 4.18. The van der Waals surface area contributed by atoms with Gasteiger partial charge in [0.1, 0.15) is 6.54 Å². The lowest BCUT2D eigenvalue weighted by Gasteiger charge is -2.25. The third-order valence-corrected chi connectivity index (χ3v) is 5.01. The smallest absolute Gasteiger partial charge is 0.254 e. The first kappa shape index (κ1) is 19.2. The van der Waals surface area contributed by atoms with E-state index in [1.807, 2.05) is 68.4 Å². The van der Waals surface area contributed by atoms with Crippen LogP contribution in [0.25, 0.3) is 22.2 Å². The molecule has 146 valence electrons. The number of hydrogen-bond donors (Lipinski definition) is 0.